The second-order valence-electron chi connectivity index (χ2n) is 3.99. The monoisotopic (exact) mass is 208 g/mol. The first kappa shape index (κ1) is 10.4. The third-order valence-corrected chi connectivity index (χ3v) is 3.04. The fourth-order valence-corrected chi connectivity index (χ4v) is 2.13. The largest absolute Gasteiger partial charge is 0.381 e. The number of carbonyl (C=O) groups excluding carboxylic acids is 1. The highest BCUT2D eigenvalue weighted by atomic mass is 16.5. The van der Waals surface area contributed by atoms with Crippen LogP contribution in [-0.4, -0.2) is 29.3 Å². The second kappa shape index (κ2) is 4.14. The molecule has 4 nitrogen and oxygen atoms in total. The maximum absolute atomic E-state index is 10.9. The molecule has 1 aromatic rings. The number of hydrogen-bond acceptors (Lipinski definition) is 3. The lowest BCUT2D eigenvalue weighted by Crippen LogP contribution is -2.21. The molecule has 0 aliphatic carbocycles. The summed E-state index contributed by atoms with van der Waals surface area (Å²) in [5.74, 6) is 0. The normalized spacial score (nSPS) is 18.0. The maximum atomic E-state index is 10.9. The van der Waals surface area contributed by atoms with E-state index in [2.05, 4.69) is 5.10 Å². The van der Waals surface area contributed by atoms with Gasteiger partial charge in [0.2, 0.25) is 0 Å². The van der Waals surface area contributed by atoms with Gasteiger partial charge in [0.1, 0.15) is 0 Å². The van der Waals surface area contributed by atoms with Crippen molar-refractivity contribution in [2.24, 2.45) is 0 Å². The Balaban J connectivity index is 2.31. The summed E-state index contributed by atoms with van der Waals surface area (Å²) in [4.78, 5) is 10.9. The zero-order valence-corrected chi connectivity index (χ0v) is 9.19. The molecule has 82 valence electrons. The van der Waals surface area contributed by atoms with Crippen molar-refractivity contribution in [1.82, 2.24) is 9.78 Å². The van der Waals surface area contributed by atoms with Crippen LogP contribution in [0.3, 0.4) is 0 Å². The van der Waals surface area contributed by atoms with E-state index in [4.69, 9.17) is 4.74 Å². The van der Waals surface area contributed by atoms with E-state index >= 15 is 0 Å². The van der Waals surface area contributed by atoms with Gasteiger partial charge in [-0.2, -0.15) is 5.10 Å². The van der Waals surface area contributed by atoms with Crippen LogP contribution in [0.4, 0.5) is 0 Å². The minimum absolute atomic E-state index is 0.395. The Kier molecular flexibility index (Phi) is 2.86. The molecule has 15 heavy (non-hydrogen) atoms. The molecule has 0 atom stereocenters. The number of aromatic nitrogens is 2. The number of aldehydes is 1. The molecule has 4 heteroatoms. The fraction of sp³-hybridized carbons (Fsp3) is 0.636. The van der Waals surface area contributed by atoms with Crippen LogP contribution in [0.2, 0.25) is 0 Å². The lowest BCUT2D eigenvalue weighted by atomic mass is 10.1. The van der Waals surface area contributed by atoms with E-state index in [-0.39, 0.29) is 0 Å². The van der Waals surface area contributed by atoms with Crippen LogP contribution < -0.4 is 0 Å². The van der Waals surface area contributed by atoms with Crippen LogP contribution in [0.15, 0.2) is 0 Å². The van der Waals surface area contributed by atoms with Crippen LogP contribution >= 0.6 is 0 Å². The van der Waals surface area contributed by atoms with Crippen molar-refractivity contribution in [3.63, 3.8) is 0 Å². The highest BCUT2D eigenvalue weighted by Gasteiger charge is 2.20. The van der Waals surface area contributed by atoms with Crippen LogP contribution in [0.5, 0.6) is 0 Å². The van der Waals surface area contributed by atoms with E-state index in [9.17, 15) is 4.79 Å². The molecule has 1 aromatic heterocycles. The van der Waals surface area contributed by atoms with Gasteiger partial charge in [-0.25, -0.2) is 0 Å². The minimum Gasteiger partial charge on any atom is -0.381 e. The topological polar surface area (TPSA) is 44.1 Å². The maximum Gasteiger partial charge on any atom is 0.153 e. The summed E-state index contributed by atoms with van der Waals surface area (Å²) in [6.07, 6.45) is 2.87. The predicted octanol–water partition coefficient (Wildman–Crippen LogP) is 1.66. The van der Waals surface area contributed by atoms with Gasteiger partial charge in [0.05, 0.1) is 17.3 Å². The molecule has 1 fully saturated rings. The SMILES string of the molecule is Cc1nn(C2CCOCC2)c(C)c1C=O. The summed E-state index contributed by atoms with van der Waals surface area (Å²) in [5, 5.41) is 4.43. The van der Waals surface area contributed by atoms with Crippen molar-refractivity contribution >= 4 is 6.29 Å². The molecule has 1 aliphatic rings. The predicted molar refractivity (Wildman–Crippen MR) is 56.2 cm³/mol. The molecular formula is C11H16N2O2. The van der Waals surface area contributed by atoms with Crippen LogP contribution in [0.25, 0.3) is 0 Å². The van der Waals surface area contributed by atoms with E-state index < -0.39 is 0 Å². The zero-order chi connectivity index (χ0) is 10.8. The first-order chi connectivity index (χ1) is 7.24. The average Bonchev–Trinajstić information content (AvgIpc) is 2.55. The third kappa shape index (κ3) is 1.81. The Morgan fingerprint density at radius 2 is 2.07 bits per heavy atom. The molecule has 0 saturated carbocycles. The highest BCUT2D eigenvalue weighted by molar-refractivity contribution is 5.78. The number of hydrogen-bond donors (Lipinski definition) is 0. The molecule has 0 spiro atoms. The number of aryl methyl sites for hydroxylation is 1. The number of carbonyl (C=O) groups is 1. The molecule has 1 aliphatic heterocycles. The molecule has 2 heterocycles. The summed E-state index contributed by atoms with van der Waals surface area (Å²) < 4.78 is 7.30. The van der Waals surface area contributed by atoms with E-state index in [1.54, 1.807) is 0 Å². The molecule has 0 bridgehead atoms. The van der Waals surface area contributed by atoms with Gasteiger partial charge in [0, 0.05) is 18.9 Å². The van der Waals surface area contributed by atoms with E-state index in [0.717, 1.165) is 49.3 Å². The molecule has 1 saturated heterocycles. The summed E-state index contributed by atoms with van der Waals surface area (Å²) in [6, 6.07) is 0.395. The van der Waals surface area contributed by atoms with Crippen molar-refractivity contribution in [2.45, 2.75) is 32.7 Å². The van der Waals surface area contributed by atoms with Crippen molar-refractivity contribution in [3.8, 4) is 0 Å². The lowest BCUT2D eigenvalue weighted by molar-refractivity contribution is 0.0656. The first-order valence-corrected chi connectivity index (χ1v) is 5.32. The fourth-order valence-electron chi connectivity index (χ4n) is 2.13. The van der Waals surface area contributed by atoms with E-state index in [1.807, 2.05) is 18.5 Å². The highest BCUT2D eigenvalue weighted by Crippen LogP contribution is 2.23. The smallest absolute Gasteiger partial charge is 0.153 e. The van der Waals surface area contributed by atoms with Crippen molar-refractivity contribution in [3.05, 3.63) is 17.0 Å². The van der Waals surface area contributed by atoms with Crippen molar-refractivity contribution in [2.75, 3.05) is 13.2 Å². The average molecular weight is 208 g/mol. The van der Waals surface area contributed by atoms with Gasteiger partial charge < -0.3 is 4.74 Å². The van der Waals surface area contributed by atoms with Crippen LogP contribution in [0.1, 0.15) is 40.6 Å². The van der Waals surface area contributed by atoms with Gasteiger partial charge in [-0.1, -0.05) is 0 Å². The van der Waals surface area contributed by atoms with E-state index in [0.29, 0.717) is 6.04 Å². The number of nitrogens with zero attached hydrogens (tertiary/aromatic N) is 2. The Labute approximate surface area is 89.2 Å². The van der Waals surface area contributed by atoms with Gasteiger partial charge in [-0.05, 0) is 26.7 Å². The molecule has 0 unspecified atom stereocenters. The lowest BCUT2D eigenvalue weighted by Gasteiger charge is -2.23. The Morgan fingerprint density at radius 1 is 1.40 bits per heavy atom. The molecule has 0 aromatic carbocycles. The summed E-state index contributed by atoms with van der Waals surface area (Å²) in [6.45, 7) is 5.42. The quantitative estimate of drug-likeness (QED) is 0.694. The summed E-state index contributed by atoms with van der Waals surface area (Å²) >= 11 is 0. The van der Waals surface area contributed by atoms with Crippen LogP contribution in [-0.2, 0) is 4.74 Å². The van der Waals surface area contributed by atoms with Gasteiger partial charge in [-0.3, -0.25) is 9.48 Å². The first-order valence-electron chi connectivity index (χ1n) is 5.32. The number of rotatable bonds is 2. The van der Waals surface area contributed by atoms with Gasteiger partial charge in [-0.15, -0.1) is 0 Å². The molecule has 0 radical (unpaired) electrons. The van der Waals surface area contributed by atoms with E-state index in [1.165, 1.54) is 0 Å². The van der Waals surface area contributed by atoms with Crippen molar-refractivity contribution < 1.29 is 9.53 Å². The molecule has 2 rings (SSSR count). The Morgan fingerprint density at radius 3 is 2.60 bits per heavy atom. The molecule has 0 N–H and O–H groups in total. The van der Waals surface area contributed by atoms with Gasteiger partial charge in [0.15, 0.2) is 6.29 Å². The van der Waals surface area contributed by atoms with Gasteiger partial charge in [0.25, 0.3) is 0 Å². The Bertz CT molecular complexity index is 365. The van der Waals surface area contributed by atoms with Crippen molar-refractivity contribution in [1.29, 1.82) is 0 Å². The molecular weight excluding hydrogens is 192 g/mol. The third-order valence-electron chi connectivity index (χ3n) is 3.04. The van der Waals surface area contributed by atoms with Crippen LogP contribution in [0, 0.1) is 13.8 Å². The standard InChI is InChI=1S/C11H16N2O2/c1-8-11(7-14)9(2)13(12-8)10-3-5-15-6-4-10/h7,10H,3-6H2,1-2H3. The second-order valence-corrected chi connectivity index (χ2v) is 3.99. The molecule has 0 amide bonds. The number of ether oxygens (including phenoxy) is 1. The zero-order valence-electron chi connectivity index (χ0n) is 9.19. The van der Waals surface area contributed by atoms with Gasteiger partial charge >= 0.3 is 0 Å². The minimum atomic E-state index is 0.395. The summed E-state index contributed by atoms with van der Waals surface area (Å²) in [7, 11) is 0. The summed E-state index contributed by atoms with van der Waals surface area (Å²) in [5.41, 5.74) is 2.55. The Hall–Kier alpha value is -1.16.